The molecule has 8 heteroatoms. The Balaban J connectivity index is 1.61. The Kier molecular flexibility index (Phi) is 6.71. The number of nitrogens with zero attached hydrogens (tertiary/aromatic N) is 1. The summed E-state index contributed by atoms with van der Waals surface area (Å²) in [5.74, 6) is 2.82. The molecule has 0 spiro atoms. The van der Waals surface area contributed by atoms with E-state index in [1.54, 1.807) is 7.11 Å². The smallest absolute Gasteiger partial charge is 0.231 e. The number of benzene rings is 2. The fourth-order valence-corrected chi connectivity index (χ4v) is 5.71. The molecule has 2 aromatic carbocycles. The van der Waals surface area contributed by atoms with Gasteiger partial charge < -0.3 is 23.8 Å². The lowest BCUT2D eigenvalue weighted by Crippen LogP contribution is -2.41. The van der Waals surface area contributed by atoms with Crippen molar-refractivity contribution in [2.24, 2.45) is 0 Å². The monoisotopic (exact) mass is 523 g/mol. The average molecular weight is 525 g/mol. The van der Waals surface area contributed by atoms with Crippen LogP contribution in [-0.4, -0.2) is 35.7 Å². The molecule has 0 saturated heterocycles. The van der Waals surface area contributed by atoms with E-state index in [4.69, 9.17) is 53.8 Å². The van der Waals surface area contributed by atoms with Crippen molar-refractivity contribution in [1.29, 1.82) is 0 Å². The molecule has 0 fully saturated rings. The van der Waals surface area contributed by atoms with Crippen LogP contribution in [0.15, 0.2) is 24.3 Å². The molecule has 0 aromatic heterocycles. The lowest BCUT2D eigenvalue weighted by molar-refractivity contribution is 0.174. The van der Waals surface area contributed by atoms with E-state index in [1.807, 2.05) is 18.2 Å². The second-order valence-electron chi connectivity index (χ2n) is 8.79. The van der Waals surface area contributed by atoms with E-state index in [9.17, 15) is 0 Å². The molecular weight excluding hydrogens is 497 g/mol. The summed E-state index contributed by atoms with van der Waals surface area (Å²) in [5, 5.41) is 0. The molecule has 182 valence electrons. The van der Waals surface area contributed by atoms with Gasteiger partial charge in [0, 0.05) is 23.4 Å². The zero-order valence-electron chi connectivity index (χ0n) is 19.3. The Hall–Kier alpha value is -1.95. The standard InChI is InChI=1S/C26H28Cl3NO4/c1-3-4-5-6-11-32-24-20(31-2)8-7-17-12-19-18-14-22-21(33-15-34-22)13-16(18)9-10-30(19)25(23(17)24)26(27,28)29/h7-8,12-14,25H,3-6,9-11,15H2,1-2H3/t25-/m0/s1. The Bertz CT molecular complexity index is 1110. The van der Waals surface area contributed by atoms with Crippen LogP contribution in [0, 0.1) is 0 Å². The van der Waals surface area contributed by atoms with Crippen molar-refractivity contribution in [1.82, 2.24) is 4.90 Å². The Labute approximate surface area is 215 Å². The van der Waals surface area contributed by atoms with Crippen LogP contribution < -0.4 is 18.9 Å². The molecule has 0 N–H and O–H groups in total. The van der Waals surface area contributed by atoms with Gasteiger partial charge in [-0.3, -0.25) is 0 Å². The normalized spacial score (nSPS) is 18.1. The van der Waals surface area contributed by atoms with Crippen LogP contribution in [0.25, 0.3) is 11.8 Å². The number of methoxy groups -OCH3 is 1. The maximum absolute atomic E-state index is 6.67. The van der Waals surface area contributed by atoms with E-state index in [0.29, 0.717) is 24.7 Å². The number of fused-ring (bicyclic) bond motifs is 5. The van der Waals surface area contributed by atoms with Crippen molar-refractivity contribution >= 4 is 46.6 Å². The van der Waals surface area contributed by atoms with Gasteiger partial charge in [-0.05, 0) is 48.2 Å². The fourth-order valence-electron chi connectivity index (χ4n) is 5.03. The van der Waals surface area contributed by atoms with Crippen molar-refractivity contribution in [3.8, 4) is 23.0 Å². The zero-order valence-corrected chi connectivity index (χ0v) is 21.6. The van der Waals surface area contributed by atoms with Crippen LogP contribution >= 0.6 is 34.8 Å². The highest BCUT2D eigenvalue weighted by atomic mass is 35.6. The Morgan fingerprint density at radius 1 is 1.09 bits per heavy atom. The van der Waals surface area contributed by atoms with Gasteiger partial charge in [-0.15, -0.1) is 0 Å². The molecule has 0 amide bonds. The van der Waals surface area contributed by atoms with Crippen LogP contribution in [0.4, 0.5) is 0 Å². The Morgan fingerprint density at radius 3 is 2.62 bits per heavy atom. The summed E-state index contributed by atoms with van der Waals surface area (Å²) in [6.45, 7) is 3.71. The van der Waals surface area contributed by atoms with Gasteiger partial charge in [0.05, 0.1) is 13.7 Å². The first-order chi connectivity index (χ1) is 16.4. The van der Waals surface area contributed by atoms with E-state index in [0.717, 1.165) is 53.1 Å². The lowest BCUT2D eigenvalue weighted by Gasteiger charge is -2.46. The van der Waals surface area contributed by atoms with Gasteiger partial charge in [0.25, 0.3) is 0 Å². The molecule has 34 heavy (non-hydrogen) atoms. The quantitative estimate of drug-likeness (QED) is 0.284. The van der Waals surface area contributed by atoms with Gasteiger partial charge in [-0.1, -0.05) is 67.1 Å². The van der Waals surface area contributed by atoms with Gasteiger partial charge in [-0.25, -0.2) is 0 Å². The van der Waals surface area contributed by atoms with Crippen LogP contribution in [0.5, 0.6) is 23.0 Å². The zero-order chi connectivity index (χ0) is 23.9. The molecule has 5 nitrogen and oxygen atoms in total. The molecule has 2 aromatic rings. The number of ether oxygens (including phenoxy) is 4. The minimum Gasteiger partial charge on any atom is -0.493 e. The molecule has 1 atom stereocenters. The average Bonchev–Trinajstić information content (AvgIpc) is 3.27. The largest absolute Gasteiger partial charge is 0.493 e. The second kappa shape index (κ2) is 9.60. The van der Waals surface area contributed by atoms with Gasteiger partial charge in [-0.2, -0.15) is 0 Å². The van der Waals surface area contributed by atoms with E-state index < -0.39 is 9.83 Å². The molecule has 0 radical (unpaired) electrons. The summed E-state index contributed by atoms with van der Waals surface area (Å²) >= 11 is 20.0. The number of unbranched alkanes of at least 4 members (excludes halogenated alkanes) is 3. The van der Waals surface area contributed by atoms with Crippen molar-refractivity contribution < 1.29 is 18.9 Å². The fraction of sp³-hybridized carbons (Fsp3) is 0.462. The molecule has 0 saturated carbocycles. The molecule has 3 heterocycles. The van der Waals surface area contributed by atoms with E-state index in [1.165, 1.54) is 18.4 Å². The molecular formula is C26H28Cl3NO4. The second-order valence-corrected chi connectivity index (χ2v) is 11.2. The number of hydrogen-bond acceptors (Lipinski definition) is 5. The first-order valence-corrected chi connectivity index (χ1v) is 12.9. The van der Waals surface area contributed by atoms with Crippen molar-refractivity contribution in [3.05, 3.63) is 46.5 Å². The summed E-state index contributed by atoms with van der Waals surface area (Å²) < 4.78 is 21.6. The molecule has 3 aliphatic rings. The summed E-state index contributed by atoms with van der Waals surface area (Å²) in [4.78, 5) is 2.17. The van der Waals surface area contributed by atoms with E-state index in [-0.39, 0.29) is 6.79 Å². The topological polar surface area (TPSA) is 40.2 Å². The lowest BCUT2D eigenvalue weighted by atomic mass is 9.86. The molecule has 0 aliphatic carbocycles. The summed E-state index contributed by atoms with van der Waals surface area (Å²) in [6, 6.07) is 7.49. The predicted octanol–water partition coefficient (Wildman–Crippen LogP) is 7.16. The SMILES string of the molecule is CCCCCCOc1c(OC)ccc2c1[C@@H](C(Cl)(Cl)Cl)N1CCc3cc4c(cc3C1=C2)OCO4. The number of rotatable bonds is 7. The first-order valence-electron chi connectivity index (χ1n) is 11.7. The van der Waals surface area contributed by atoms with Gasteiger partial charge in [0.15, 0.2) is 23.0 Å². The highest BCUT2D eigenvalue weighted by molar-refractivity contribution is 6.68. The minimum absolute atomic E-state index is 0.235. The van der Waals surface area contributed by atoms with Crippen LogP contribution in [-0.2, 0) is 6.42 Å². The molecule has 3 aliphatic heterocycles. The molecule has 0 bridgehead atoms. The maximum Gasteiger partial charge on any atom is 0.231 e. The van der Waals surface area contributed by atoms with Gasteiger partial charge in [0.2, 0.25) is 10.6 Å². The number of hydrogen-bond donors (Lipinski definition) is 0. The van der Waals surface area contributed by atoms with Crippen molar-refractivity contribution in [2.75, 3.05) is 27.1 Å². The van der Waals surface area contributed by atoms with Crippen molar-refractivity contribution in [3.63, 3.8) is 0 Å². The van der Waals surface area contributed by atoms with E-state index in [2.05, 4.69) is 24.0 Å². The highest BCUT2D eigenvalue weighted by Crippen LogP contribution is 2.56. The van der Waals surface area contributed by atoms with Gasteiger partial charge in [0.1, 0.15) is 6.04 Å². The van der Waals surface area contributed by atoms with Gasteiger partial charge >= 0.3 is 0 Å². The van der Waals surface area contributed by atoms with Crippen LogP contribution in [0.1, 0.15) is 60.9 Å². The summed E-state index contributed by atoms with van der Waals surface area (Å²) in [5.41, 5.74) is 5.07. The third kappa shape index (κ3) is 4.27. The van der Waals surface area contributed by atoms with Crippen molar-refractivity contribution in [2.45, 2.75) is 48.9 Å². The highest BCUT2D eigenvalue weighted by Gasteiger charge is 2.46. The number of halogens is 3. The minimum atomic E-state index is -1.59. The maximum atomic E-state index is 6.67. The third-order valence-corrected chi connectivity index (χ3v) is 7.27. The summed E-state index contributed by atoms with van der Waals surface area (Å²) in [7, 11) is 1.64. The molecule has 5 rings (SSSR count). The van der Waals surface area contributed by atoms with Crippen LogP contribution in [0.2, 0.25) is 0 Å². The van der Waals surface area contributed by atoms with E-state index >= 15 is 0 Å². The van der Waals surface area contributed by atoms with Crippen LogP contribution in [0.3, 0.4) is 0 Å². The number of alkyl halides is 3. The predicted molar refractivity (Wildman–Crippen MR) is 137 cm³/mol. The Morgan fingerprint density at radius 2 is 1.88 bits per heavy atom. The third-order valence-electron chi connectivity index (χ3n) is 6.65. The molecule has 0 unspecified atom stereocenters. The summed E-state index contributed by atoms with van der Waals surface area (Å²) in [6.07, 6.45) is 7.37. The first kappa shape index (κ1) is 23.8.